The first-order valence-electron chi connectivity index (χ1n) is 3.07. The molecule has 0 aromatic carbocycles. The van der Waals surface area contributed by atoms with E-state index >= 15 is 0 Å². The third kappa shape index (κ3) is 1.65. The fraction of sp³-hybridized carbons (Fsp3) is 1.00. The molecule has 0 atom stereocenters. The highest BCUT2D eigenvalue weighted by Crippen LogP contribution is 2.21. The van der Waals surface area contributed by atoms with Crippen LogP contribution >= 0.6 is 0 Å². The van der Waals surface area contributed by atoms with Crippen LogP contribution in [0.3, 0.4) is 0 Å². The molecular weight excluding hydrogens is 130 g/mol. The predicted molar refractivity (Wildman–Crippen MR) is 41.2 cm³/mol. The molecule has 0 rings (SSSR count). The normalized spacial score (nSPS) is 14.4. The molecule has 0 aromatic heterocycles. The minimum atomic E-state index is -1.33. The summed E-state index contributed by atoms with van der Waals surface area (Å²) in [6.45, 7) is 3.44. The summed E-state index contributed by atoms with van der Waals surface area (Å²) < 4.78 is 0. The van der Waals surface area contributed by atoms with E-state index in [0.717, 1.165) is 0 Å². The van der Waals surface area contributed by atoms with E-state index in [4.69, 9.17) is 28.7 Å². The Morgan fingerprint density at radius 1 is 1.00 bits per heavy atom. The van der Waals surface area contributed by atoms with Crippen molar-refractivity contribution >= 4 is 0 Å². The summed E-state index contributed by atoms with van der Waals surface area (Å²) in [6, 6.07) is 0. The second kappa shape index (κ2) is 2.44. The molecule has 5 nitrogen and oxygen atoms in total. The van der Waals surface area contributed by atoms with Crippen LogP contribution in [0.1, 0.15) is 13.8 Å². The maximum Gasteiger partial charge on any atom is 0.123 e. The first-order chi connectivity index (χ1) is 4.19. The molecule has 0 saturated carbocycles. The fourth-order valence-electron chi connectivity index (χ4n) is 0.289. The van der Waals surface area contributed by atoms with Crippen molar-refractivity contribution in [2.45, 2.75) is 25.8 Å². The van der Waals surface area contributed by atoms with Crippen LogP contribution in [0.25, 0.3) is 0 Å². The summed E-state index contributed by atoms with van der Waals surface area (Å²) in [5.41, 5.74) is 26.3. The van der Waals surface area contributed by atoms with Gasteiger partial charge in [-0.25, -0.2) is 0 Å². The van der Waals surface area contributed by atoms with E-state index in [0.29, 0.717) is 0 Å². The summed E-state index contributed by atoms with van der Waals surface area (Å²) in [5.74, 6) is -1.33. The molecule has 0 aliphatic heterocycles. The summed E-state index contributed by atoms with van der Waals surface area (Å²) in [6.07, 6.45) is -0.618. The lowest BCUT2D eigenvalue weighted by Crippen LogP contribution is -2.73. The molecule has 0 fully saturated rings. The molecular formula is C5H17N5. The van der Waals surface area contributed by atoms with Gasteiger partial charge in [-0.3, -0.25) is 0 Å². The molecule has 10 heavy (non-hydrogen) atoms. The van der Waals surface area contributed by atoms with Gasteiger partial charge in [0.1, 0.15) is 5.79 Å². The molecule has 0 radical (unpaired) electrons. The van der Waals surface area contributed by atoms with Crippen LogP contribution in [-0.4, -0.2) is 12.0 Å². The molecule has 5 heteroatoms. The third-order valence-corrected chi connectivity index (χ3v) is 1.95. The highest BCUT2D eigenvalue weighted by atomic mass is 15.2. The number of nitrogens with two attached hydrogens (primary N) is 5. The molecule has 0 heterocycles. The summed E-state index contributed by atoms with van der Waals surface area (Å²) in [7, 11) is 0. The van der Waals surface area contributed by atoms with Gasteiger partial charge in [-0.05, 0) is 0 Å². The zero-order chi connectivity index (χ0) is 8.58. The lowest BCUT2D eigenvalue weighted by molar-refractivity contribution is 0.138. The molecule has 0 bridgehead atoms. The number of hydrogen-bond acceptors (Lipinski definition) is 5. The van der Waals surface area contributed by atoms with Gasteiger partial charge < -0.3 is 28.7 Å². The van der Waals surface area contributed by atoms with E-state index in [1.807, 2.05) is 0 Å². The minimum Gasteiger partial charge on any atom is -0.315 e. The van der Waals surface area contributed by atoms with Crippen LogP contribution < -0.4 is 28.7 Å². The molecule has 0 aliphatic rings. The van der Waals surface area contributed by atoms with Crippen molar-refractivity contribution in [2.24, 2.45) is 34.1 Å². The Labute approximate surface area is 60.9 Å². The maximum atomic E-state index is 5.41. The average Bonchev–Trinajstić information content (AvgIpc) is 1.62. The third-order valence-electron chi connectivity index (χ3n) is 1.95. The van der Waals surface area contributed by atoms with Gasteiger partial charge in [-0.15, -0.1) is 0 Å². The van der Waals surface area contributed by atoms with E-state index in [9.17, 15) is 0 Å². The maximum absolute atomic E-state index is 5.41. The highest BCUT2D eigenvalue weighted by Gasteiger charge is 2.38. The van der Waals surface area contributed by atoms with Gasteiger partial charge in [-0.2, -0.15) is 0 Å². The van der Waals surface area contributed by atoms with Gasteiger partial charge >= 0.3 is 0 Å². The quantitative estimate of drug-likeness (QED) is 0.283. The molecule has 10 N–H and O–H groups in total. The molecule has 0 saturated heterocycles. The van der Waals surface area contributed by atoms with E-state index in [2.05, 4.69) is 0 Å². The van der Waals surface area contributed by atoms with E-state index < -0.39 is 17.4 Å². The standard InChI is InChI=1S/C5H17N5/c1-4(2,3(6)7)5(8,9)10/h3H,6-10H2,1-2H3. The van der Waals surface area contributed by atoms with Gasteiger partial charge in [0.25, 0.3) is 0 Å². The Balaban J connectivity index is 4.40. The van der Waals surface area contributed by atoms with Crippen LogP contribution in [-0.2, 0) is 0 Å². The van der Waals surface area contributed by atoms with Gasteiger partial charge in [0.05, 0.1) is 6.17 Å². The first kappa shape index (κ1) is 9.80. The molecule has 0 aliphatic carbocycles. The second-order valence-corrected chi connectivity index (χ2v) is 3.18. The van der Waals surface area contributed by atoms with Crippen molar-refractivity contribution in [3.05, 3.63) is 0 Å². The van der Waals surface area contributed by atoms with Crippen LogP contribution in [0.4, 0.5) is 0 Å². The second-order valence-electron chi connectivity index (χ2n) is 3.18. The smallest absolute Gasteiger partial charge is 0.123 e. The Hall–Kier alpha value is -0.200. The van der Waals surface area contributed by atoms with E-state index in [1.165, 1.54) is 0 Å². The lowest BCUT2D eigenvalue weighted by atomic mass is 9.83. The van der Waals surface area contributed by atoms with E-state index in [-0.39, 0.29) is 0 Å². The van der Waals surface area contributed by atoms with Gasteiger partial charge in [-0.1, -0.05) is 13.8 Å². The van der Waals surface area contributed by atoms with E-state index in [1.54, 1.807) is 13.8 Å². The number of hydrogen-bond donors (Lipinski definition) is 5. The Morgan fingerprint density at radius 3 is 1.30 bits per heavy atom. The van der Waals surface area contributed by atoms with Crippen molar-refractivity contribution in [3.8, 4) is 0 Å². The van der Waals surface area contributed by atoms with Crippen molar-refractivity contribution in [2.75, 3.05) is 0 Å². The zero-order valence-corrected chi connectivity index (χ0v) is 6.46. The zero-order valence-electron chi connectivity index (χ0n) is 6.46. The molecule has 0 spiro atoms. The molecule has 0 amide bonds. The van der Waals surface area contributed by atoms with Gasteiger partial charge in [0, 0.05) is 5.41 Å². The van der Waals surface area contributed by atoms with Gasteiger partial charge in [0.2, 0.25) is 0 Å². The minimum absolute atomic E-state index is 0.618. The lowest BCUT2D eigenvalue weighted by Gasteiger charge is -2.40. The molecule has 0 unspecified atom stereocenters. The monoisotopic (exact) mass is 147 g/mol. The summed E-state index contributed by atoms with van der Waals surface area (Å²) >= 11 is 0. The predicted octanol–water partition coefficient (Wildman–Crippen LogP) is -2.21. The topological polar surface area (TPSA) is 130 Å². The van der Waals surface area contributed by atoms with Crippen molar-refractivity contribution in [3.63, 3.8) is 0 Å². The van der Waals surface area contributed by atoms with Crippen LogP contribution in [0.15, 0.2) is 0 Å². The summed E-state index contributed by atoms with van der Waals surface area (Å²) in [5, 5.41) is 0. The Kier molecular flexibility index (Phi) is 2.40. The summed E-state index contributed by atoms with van der Waals surface area (Å²) in [4.78, 5) is 0. The van der Waals surface area contributed by atoms with Gasteiger partial charge in [0.15, 0.2) is 0 Å². The largest absolute Gasteiger partial charge is 0.315 e. The molecule has 62 valence electrons. The van der Waals surface area contributed by atoms with Crippen LogP contribution in [0, 0.1) is 5.41 Å². The van der Waals surface area contributed by atoms with Crippen molar-refractivity contribution < 1.29 is 0 Å². The Bertz CT molecular complexity index is 112. The van der Waals surface area contributed by atoms with Crippen molar-refractivity contribution in [1.82, 2.24) is 0 Å². The first-order valence-corrected chi connectivity index (χ1v) is 3.07. The Morgan fingerprint density at radius 2 is 1.30 bits per heavy atom. The van der Waals surface area contributed by atoms with Crippen LogP contribution in [0.5, 0.6) is 0 Å². The van der Waals surface area contributed by atoms with Crippen molar-refractivity contribution in [1.29, 1.82) is 0 Å². The average molecular weight is 147 g/mol. The SMILES string of the molecule is CC(C)(C(N)N)C(N)(N)N. The fourth-order valence-corrected chi connectivity index (χ4v) is 0.289. The highest BCUT2D eigenvalue weighted by molar-refractivity contribution is 4.92. The van der Waals surface area contributed by atoms with Crippen LogP contribution in [0.2, 0.25) is 0 Å². The molecule has 0 aromatic rings. The number of rotatable bonds is 2.